The van der Waals surface area contributed by atoms with Gasteiger partial charge in [-0.3, -0.25) is 0 Å². The van der Waals surface area contributed by atoms with Crippen LogP contribution in [0, 0.1) is 5.92 Å². The van der Waals surface area contributed by atoms with Gasteiger partial charge in [0, 0.05) is 12.5 Å². The van der Waals surface area contributed by atoms with Gasteiger partial charge in [-0.15, -0.1) is 11.6 Å². The maximum atomic E-state index is 6.02. The van der Waals surface area contributed by atoms with Crippen LogP contribution in [0.3, 0.4) is 0 Å². The predicted octanol–water partition coefficient (Wildman–Crippen LogP) is 3.91. The topological polar surface area (TPSA) is 18.5 Å². The molecule has 0 aliphatic heterocycles. The molecule has 0 fully saturated rings. The van der Waals surface area contributed by atoms with Gasteiger partial charge in [0.2, 0.25) is 0 Å². The molecule has 1 rings (SSSR count). The molecule has 0 aliphatic carbocycles. The maximum Gasteiger partial charge on any atom is 0.119 e. The molecule has 0 spiro atoms. The minimum Gasteiger partial charge on any atom is -0.497 e. The van der Waals surface area contributed by atoms with Gasteiger partial charge in [-0.25, -0.2) is 0 Å². The lowest BCUT2D eigenvalue weighted by molar-refractivity contribution is 0.0700. The number of hydrogen-bond acceptors (Lipinski definition) is 2. The lowest BCUT2D eigenvalue weighted by Crippen LogP contribution is -2.12. The summed E-state index contributed by atoms with van der Waals surface area (Å²) in [7, 11) is 1.69. The van der Waals surface area contributed by atoms with E-state index in [2.05, 4.69) is 26.0 Å². The van der Waals surface area contributed by atoms with Crippen molar-refractivity contribution in [2.45, 2.75) is 32.8 Å². The number of hydrogen-bond donors (Lipinski definition) is 0. The summed E-state index contributed by atoms with van der Waals surface area (Å²) in [5.41, 5.74) is 1.27. The van der Waals surface area contributed by atoms with Crippen molar-refractivity contribution in [3.63, 3.8) is 0 Å². The Balaban J connectivity index is 2.46. The molecule has 0 radical (unpaired) electrons. The molecule has 0 aromatic heterocycles. The van der Waals surface area contributed by atoms with Crippen LogP contribution < -0.4 is 4.74 Å². The van der Waals surface area contributed by atoms with Crippen molar-refractivity contribution in [3.8, 4) is 5.75 Å². The van der Waals surface area contributed by atoms with E-state index in [0.29, 0.717) is 11.8 Å². The van der Waals surface area contributed by atoms with Gasteiger partial charge in [-0.2, -0.15) is 0 Å². The fourth-order valence-corrected chi connectivity index (χ4v) is 2.10. The summed E-state index contributed by atoms with van der Waals surface area (Å²) >= 11 is 6.02. The second-order valence-electron chi connectivity index (χ2n) is 4.78. The van der Waals surface area contributed by atoms with Gasteiger partial charge >= 0.3 is 0 Å². The molecule has 18 heavy (non-hydrogen) atoms. The summed E-state index contributed by atoms with van der Waals surface area (Å²) in [5, 5.41) is 0. The van der Waals surface area contributed by atoms with Crippen molar-refractivity contribution < 1.29 is 9.47 Å². The zero-order valence-electron chi connectivity index (χ0n) is 11.5. The first-order chi connectivity index (χ1) is 8.65. The maximum absolute atomic E-state index is 6.02. The van der Waals surface area contributed by atoms with Crippen LogP contribution in [-0.4, -0.2) is 25.7 Å². The van der Waals surface area contributed by atoms with E-state index in [1.807, 2.05) is 12.1 Å². The number of halogens is 1. The molecule has 1 atom stereocenters. The largest absolute Gasteiger partial charge is 0.497 e. The van der Waals surface area contributed by atoms with Crippen molar-refractivity contribution in [2.24, 2.45) is 5.92 Å². The number of methoxy groups -OCH3 is 1. The van der Waals surface area contributed by atoms with Crippen LogP contribution in [0.1, 0.15) is 25.8 Å². The van der Waals surface area contributed by atoms with Crippen molar-refractivity contribution in [3.05, 3.63) is 29.8 Å². The van der Waals surface area contributed by atoms with E-state index in [4.69, 9.17) is 21.1 Å². The molecule has 0 aliphatic rings. The number of alkyl halides is 1. The SMILES string of the molecule is COc1cccc(CC(CCl)CCOC(C)C)c1. The smallest absolute Gasteiger partial charge is 0.119 e. The van der Waals surface area contributed by atoms with Crippen molar-refractivity contribution in [2.75, 3.05) is 19.6 Å². The Morgan fingerprint density at radius 1 is 1.28 bits per heavy atom. The van der Waals surface area contributed by atoms with E-state index < -0.39 is 0 Å². The molecule has 0 bridgehead atoms. The Labute approximate surface area is 115 Å². The fourth-order valence-electron chi connectivity index (χ4n) is 1.84. The van der Waals surface area contributed by atoms with Crippen molar-refractivity contribution >= 4 is 11.6 Å². The van der Waals surface area contributed by atoms with Gasteiger partial charge in [0.1, 0.15) is 5.75 Å². The Kier molecular flexibility index (Phi) is 7.14. The van der Waals surface area contributed by atoms with Gasteiger partial charge in [0.15, 0.2) is 0 Å². The highest BCUT2D eigenvalue weighted by Gasteiger charge is 2.09. The molecule has 0 amide bonds. The average molecular weight is 271 g/mol. The van der Waals surface area contributed by atoms with E-state index in [9.17, 15) is 0 Å². The Hall–Kier alpha value is -0.730. The molecule has 102 valence electrons. The Morgan fingerprint density at radius 2 is 2.06 bits per heavy atom. The zero-order valence-corrected chi connectivity index (χ0v) is 12.2. The molecule has 1 aromatic carbocycles. The van der Waals surface area contributed by atoms with E-state index in [1.165, 1.54) is 5.56 Å². The summed E-state index contributed by atoms with van der Waals surface area (Å²) in [6, 6.07) is 8.17. The molecule has 0 saturated heterocycles. The normalized spacial score (nSPS) is 12.7. The Morgan fingerprint density at radius 3 is 2.67 bits per heavy atom. The van der Waals surface area contributed by atoms with Gasteiger partial charge < -0.3 is 9.47 Å². The zero-order chi connectivity index (χ0) is 13.4. The molecular formula is C15H23ClO2. The molecule has 3 heteroatoms. The predicted molar refractivity (Wildman–Crippen MR) is 76.6 cm³/mol. The van der Waals surface area contributed by atoms with E-state index >= 15 is 0 Å². The summed E-state index contributed by atoms with van der Waals surface area (Å²) < 4.78 is 10.8. The first kappa shape index (κ1) is 15.3. The van der Waals surface area contributed by atoms with E-state index in [1.54, 1.807) is 7.11 Å². The van der Waals surface area contributed by atoms with Crippen LogP contribution in [0.2, 0.25) is 0 Å². The summed E-state index contributed by atoms with van der Waals surface area (Å²) in [6.45, 7) is 4.88. The minimum absolute atomic E-state index is 0.290. The highest BCUT2D eigenvalue weighted by molar-refractivity contribution is 6.18. The van der Waals surface area contributed by atoms with Crippen LogP contribution in [0.15, 0.2) is 24.3 Å². The third kappa shape index (κ3) is 5.74. The number of ether oxygens (including phenoxy) is 2. The molecule has 0 N–H and O–H groups in total. The molecular weight excluding hydrogens is 248 g/mol. The molecule has 1 unspecified atom stereocenters. The van der Waals surface area contributed by atoms with E-state index in [-0.39, 0.29) is 6.10 Å². The molecule has 2 nitrogen and oxygen atoms in total. The summed E-state index contributed by atoms with van der Waals surface area (Å²) in [4.78, 5) is 0. The summed E-state index contributed by atoms with van der Waals surface area (Å²) in [6.07, 6.45) is 2.26. The molecule has 0 heterocycles. The second kappa shape index (κ2) is 8.39. The van der Waals surface area contributed by atoms with Crippen LogP contribution in [0.4, 0.5) is 0 Å². The fraction of sp³-hybridized carbons (Fsp3) is 0.600. The van der Waals surface area contributed by atoms with Gasteiger partial charge in [0.05, 0.1) is 13.2 Å². The van der Waals surface area contributed by atoms with Gasteiger partial charge in [0.25, 0.3) is 0 Å². The first-order valence-corrected chi connectivity index (χ1v) is 6.99. The number of rotatable bonds is 8. The molecule has 0 saturated carbocycles. The quantitative estimate of drug-likeness (QED) is 0.667. The van der Waals surface area contributed by atoms with Crippen LogP contribution in [0.5, 0.6) is 5.75 Å². The standard InChI is InChI=1S/C15H23ClO2/c1-12(2)18-8-7-14(11-16)9-13-5-4-6-15(10-13)17-3/h4-6,10,12,14H,7-9,11H2,1-3H3. The first-order valence-electron chi connectivity index (χ1n) is 6.46. The van der Waals surface area contributed by atoms with Crippen molar-refractivity contribution in [1.82, 2.24) is 0 Å². The minimum atomic E-state index is 0.290. The third-order valence-electron chi connectivity index (χ3n) is 2.85. The summed E-state index contributed by atoms with van der Waals surface area (Å²) in [5.74, 6) is 2.02. The van der Waals surface area contributed by atoms with Crippen LogP contribution in [-0.2, 0) is 11.2 Å². The second-order valence-corrected chi connectivity index (χ2v) is 5.09. The monoisotopic (exact) mass is 270 g/mol. The highest BCUT2D eigenvalue weighted by Crippen LogP contribution is 2.18. The lowest BCUT2D eigenvalue weighted by atomic mass is 9.98. The van der Waals surface area contributed by atoms with Crippen molar-refractivity contribution in [1.29, 1.82) is 0 Å². The highest BCUT2D eigenvalue weighted by atomic mass is 35.5. The van der Waals surface area contributed by atoms with Gasteiger partial charge in [-0.1, -0.05) is 12.1 Å². The van der Waals surface area contributed by atoms with Crippen LogP contribution in [0.25, 0.3) is 0 Å². The van der Waals surface area contributed by atoms with E-state index in [0.717, 1.165) is 25.2 Å². The van der Waals surface area contributed by atoms with Gasteiger partial charge in [-0.05, 0) is 50.3 Å². The average Bonchev–Trinajstić information content (AvgIpc) is 2.37. The van der Waals surface area contributed by atoms with Crippen LogP contribution >= 0.6 is 11.6 Å². The number of benzene rings is 1. The Bertz CT molecular complexity index is 339. The molecule has 1 aromatic rings. The third-order valence-corrected chi connectivity index (χ3v) is 3.29. The lowest BCUT2D eigenvalue weighted by Gasteiger charge is -2.15.